The third-order valence-corrected chi connectivity index (χ3v) is 3.27. The van der Waals surface area contributed by atoms with Crippen LogP contribution in [0.25, 0.3) is 22.5 Å². The van der Waals surface area contributed by atoms with Gasteiger partial charge in [-0.1, -0.05) is 48.5 Å². The fourth-order valence-electron chi connectivity index (χ4n) is 2.26. The van der Waals surface area contributed by atoms with Crippen molar-refractivity contribution in [2.45, 2.75) is 0 Å². The van der Waals surface area contributed by atoms with Gasteiger partial charge in [-0.05, 0) is 12.1 Å². The fraction of sp³-hybridized carbons (Fsp3) is 0.0588. The highest BCUT2D eigenvalue weighted by Gasteiger charge is 2.19. The Hall–Kier alpha value is -2.88. The van der Waals surface area contributed by atoms with Crippen LogP contribution < -0.4 is 10.0 Å². The summed E-state index contributed by atoms with van der Waals surface area (Å²) in [6.45, 7) is 0. The number of hydrogen-bond donors (Lipinski definition) is 1. The minimum atomic E-state index is 0.545. The standard InChI is InChI=1S/C17H15N3O/c1-18-15-12-20(21)17(14-10-6-3-7-11-14)16(19-15)13-8-4-2-5-9-13/h2-12H,1H3,(H,18,19). The molecule has 0 atom stereocenters. The molecule has 1 N–H and O–H groups in total. The molecule has 0 unspecified atom stereocenters. The first kappa shape index (κ1) is 13.1. The number of nitrogens with one attached hydrogen (secondary N) is 1. The second-order valence-corrected chi connectivity index (χ2v) is 4.63. The van der Waals surface area contributed by atoms with E-state index in [2.05, 4.69) is 10.3 Å². The Morgan fingerprint density at radius 3 is 2.05 bits per heavy atom. The summed E-state index contributed by atoms with van der Waals surface area (Å²) >= 11 is 0. The van der Waals surface area contributed by atoms with Crippen LogP contribution in [0.4, 0.5) is 5.82 Å². The van der Waals surface area contributed by atoms with Crippen molar-refractivity contribution in [2.24, 2.45) is 0 Å². The fourth-order valence-corrected chi connectivity index (χ4v) is 2.26. The summed E-state index contributed by atoms with van der Waals surface area (Å²) in [4.78, 5) is 4.57. The van der Waals surface area contributed by atoms with Gasteiger partial charge in [0, 0.05) is 18.2 Å². The molecule has 0 fully saturated rings. The predicted octanol–water partition coefficient (Wildman–Crippen LogP) is 3.09. The molecule has 0 aliphatic carbocycles. The summed E-state index contributed by atoms with van der Waals surface area (Å²) < 4.78 is 0.872. The van der Waals surface area contributed by atoms with Crippen LogP contribution in [-0.4, -0.2) is 12.0 Å². The summed E-state index contributed by atoms with van der Waals surface area (Å²) in [5.74, 6) is 0.545. The molecule has 0 radical (unpaired) electrons. The van der Waals surface area contributed by atoms with E-state index < -0.39 is 0 Å². The van der Waals surface area contributed by atoms with Crippen LogP contribution in [0, 0.1) is 5.21 Å². The molecule has 0 saturated carbocycles. The highest BCUT2D eigenvalue weighted by Crippen LogP contribution is 2.28. The first-order valence-electron chi connectivity index (χ1n) is 6.72. The third-order valence-electron chi connectivity index (χ3n) is 3.27. The van der Waals surface area contributed by atoms with Crippen LogP contribution in [0.15, 0.2) is 66.9 Å². The van der Waals surface area contributed by atoms with E-state index in [1.807, 2.05) is 60.7 Å². The second-order valence-electron chi connectivity index (χ2n) is 4.63. The van der Waals surface area contributed by atoms with Gasteiger partial charge in [0.2, 0.25) is 11.9 Å². The number of rotatable bonds is 3. The van der Waals surface area contributed by atoms with Gasteiger partial charge in [0.25, 0.3) is 0 Å². The molecule has 0 saturated heterocycles. The summed E-state index contributed by atoms with van der Waals surface area (Å²) in [6.07, 6.45) is 1.45. The van der Waals surface area contributed by atoms with Gasteiger partial charge in [-0.2, -0.15) is 4.73 Å². The molecule has 3 aromatic rings. The maximum absolute atomic E-state index is 12.4. The largest absolute Gasteiger partial charge is 0.618 e. The summed E-state index contributed by atoms with van der Waals surface area (Å²) in [7, 11) is 1.75. The van der Waals surface area contributed by atoms with E-state index in [9.17, 15) is 5.21 Å². The molecule has 3 rings (SSSR count). The lowest BCUT2D eigenvalue weighted by molar-refractivity contribution is -0.592. The lowest BCUT2D eigenvalue weighted by Crippen LogP contribution is -2.30. The molecule has 0 amide bonds. The van der Waals surface area contributed by atoms with Gasteiger partial charge in [0.05, 0.1) is 0 Å². The first-order valence-corrected chi connectivity index (χ1v) is 6.72. The normalized spacial score (nSPS) is 10.3. The lowest BCUT2D eigenvalue weighted by Gasteiger charge is -2.11. The van der Waals surface area contributed by atoms with E-state index in [1.54, 1.807) is 7.05 Å². The van der Waals surface area contributed by atoms with Crippen LogP contribution in [0.5, 0.6) is 0 Å². The minimum Gasteiger partial charge on any atom is -0.618 e. The van der Waals surface area contributed by atoms with Crippen molar-refractivity contribution in [3.63, 3.8) is 0 Å². The monoisotopic (exact) mass is 277 g/mol. The molecule has 21 heavy (non-hydrogen) atoms. The van der Waals surface area contributed by atoms with Gasteiger partial charge in [-0.15, -0.1) is 0 Å². The number of anilines is 1. The number of nitrogens with zero attached hydrogens (tertiary/aromatic N) is 2. The van der Waals surface area contributed by atoms with E-state index in [0.29, 0.717) is 17.2 Å². The van der Waals surface area contributed by atoms with E-state index in [-0.39, 0.29) is 0 Å². The summed E-state index contributed by atoms with van der Waals surface area (Å²) in [5, 5.41) is 15.4. The van der Waals surface area contributed by atoms with Gasteiger partial charge in [-0.25, -0.2) is 4.98 Å². The molecule has 2 aromatic carbocycles. The molecule has 4 nitrogen and oxygen atoms in total. The Bertz CT molecular complexity index is 743. The Morgan fingerprint density at radius 2 is 1.48 bits per heavy atom. The smallest absolute Gasteiger partial charge is 0.250 e. The van der Waals surface area contributed by atoms with Gasteiger partial charge in [0.1, 0.15) is 5.69 Å². The molecule has 1 aromatic heterocycles. The molecule has 0 bridgehead atoms. The SMILES string of the molecule is CNc1c[n+]([O-])c(-c2ccccc2)c(-c2ccccc2)n1. The van der Waals surface area contributed by atoms with Gasteiger partial charge in [-0.3, -0.25) is 0 Å². The second kappa shape index (κ2) is 5.63. The van der Waals surface area contributed by atoms with Crippen LogP contribution in [0.1, 0.15) is 0 Å². The topological polar surface area (TPSA) is 51.9 Å². The Kier molecular flexibility index (Phi) is 3.51. The lowest BCUT2D eigenvalue weighted by atomic mass is 10.0. The van der Waals surface area contributed by atoms with Gasteiger partial charge >= 0.3 is 0 Å². The summed E-state index contributed by atoms with van der Waals surface area (Å²) in [5.41, 5.74) is 2.99. The number of hydrogen-bond acceptors (Lipinski definition) is 3. The molecule has 0 aliphatic heterocycles. The van der Waals surface area contributed by atoms with Crippen molar-refractivity contribution < 1.29 is 4.73 Å². The zero-order valence-electron chi connectivity index (χ0n) is 11.7. The van der Waals surface area contributed by atoms with Crippen LogP contribution in [0.2, 0.25) is 0 Å². The van der Waals surface area contributed by atoms with E-state index in [0.717, 1.165) is 15.9 Å². The quantitative estimate of drug-likeness (QED) is 0.591. The Morgan fingerprint density at radius 1 is 0.905 bits per heavy atom. The molecular weight excluding hydrogens is 262 g/mol. The third kappa shape index (κ3) is 2.56. The Labute approximate surface area is 123 Å². The van der Waals surface area contributed by atoms with Gasteiger partial charge < -0.3 is 10.5 Å². The van der Waals surface area contributed by atoms with E-state index >= 15 is 0 Å². The first-order chi connectivity index (χ1) is 10.3. The van der Waals surface area contributed by atoms with Crippen LogP contribution in [0.3, 0.4) is 0 Å². The van der Waals surface area contributed by atoms with Crippen molar-refractivity contribution in [1.29, 1.82) is 0 Å². The zero-order chi connectivity index (χ0) is 14.7. The summed E-state index contributed by atoms with van der Waals surface area (Å²) in [6, 6.07) is 19.3. The molecule has 0 spiro atoms. The van der Waals surface area contributed by atoms with Crippen molar-refractivity contribution in [3.05, 3.63) is 72.1 Å². The van der Waals surface area contributed by atoms with E-state index in [4.69, 9.17) is 0 Å². The molecular formula is C17H15N3O. The molecule has 4 heteroatoms. The zero-order valence-corrected chi connectivity index (χ0v) is 11.7. The van der Waals surface area contributed by atoms with Crippen molar-refractivity contribution in [3.8, 4) is 22.5 Å². The minimum absolute atomic E-state index is 0.545. The highest BCUT2D eigenvalue weighted by molar-refractivity contribution is 5.76. The van der Waals surface area contributed by atoms with Crippen LogP contribution >= 0.6 is 0 Å². The van der Waals surface area contributed by atoms with Crippen molar-refractivity contribution in [1.82, 2.24) is 4.98 Å². The van der Waals surface area contributed by atoms with Gasteiger partial charge in [0.15, 0.2) is 5.82 Å². The molecule has 1 heterocycles. The average molecular weight is 277 g/mol. The number of aromatic nitrogens is 2. The van der Waals surface area contributed by atoms with Crippen LogP contribution in [-0.2, 0) is 0 Å². The maximum Gasteiger partial charge on any atom is 0.250 e. The number of benzene rings is 2. The highest BCUT2D eigenvalue weighted by atomic mass is 16.5. The molecule has 104 valence electrons. The Balaban J connectivity index is 2.28. The predicted molar refractivity (Wildman–Crippen MR) is 83.6 cm³/mol. The maximum atomic E-state index is 12.4. The van der Waals surface area contributed by atoms with Crippen molar-refractivity contribution in [2.75, 3.05) is 12.4 Å². The van der Waals surface area contributed by atoms with Crippen molar-refractivity contribution >= 4 is 5.82 Å². The van der Waals surface area contributed by atoms with E-state index in [1.165, 1.54) is 6.20 Å². The molecule has 0 aliphatic rings. The average Bonchev–Trinajstić information content (AvgIpc) is 2.55.